The molecule has 3 nitrogen and oxygen atoms in total. The molecule has 88 valence electrons. The van der Waals surface area contributed by atoms with Gasteiger partial charge >= 0.3 is 7.12 Å². The highest BCUT2D eigenvalue weighted by Gasteiger charge is 2.17. The molecule has 0 saturated heterocycles. The summed E-state index contributed by atoms with van der Waals surface area (Å²) in [6.07, 6.45) is 1.04. The fourth-order valence-electron chi connectivity index (χ4n) is 1.35. The molecule has 0 aromatic heterocycles. The molecule has 1 aromatic carbocycles. The molecule has 2 N–H and O–H groups in total. The van der Waals surface area contributed by atoms with Crippen molar-refractivity contribution in [1.82, 2.24) is 0 Å². The number of benzene rings is 1. The van der Waals surface area contributed by atoms with Gasteiger partial charge in [-0.15, -0.1) is 0 Å². The molecule has 0 fully saturated rings. The van der Waals surface area contributed by atoms with Gasteiger partial charge in [-0.25, -0.2) is 0 Å². The molecule has 1 aromatic rings. The van der Waals surface area contributed by atoms with Gasteiger partial charge in [-0.1, -0.05) is 38.0 Å². The van der Waals surface area contributed by atoms with Gasteiger partial charge in [0.2, 0.25) is 0 Å². The van der Waals surface area contributed by atoms with Gasteiger partial charge in [0.15, 0.2) is 0 Å². The molecule has 1 rings (SSSR count). The Balaban J connectivity index is 2.78. The Hall–Kier alpha value is -0.995. The van der Waals surface area contributed by atoms with E-state index < -0.39 is 7.12 Å². The van der Waals surface area contributed by atoms with Crippen molar-refractivity contribution < 1.29 is 14.8 Å². The zero-order valence-corrected chi connectivity index (χ0v) is 10.1. The first-order valence-corrected chi connectivity index (χ1v) is 5.64. The van der Waals surface area contributed by atoms with Crippen LogP contribution >= 0.6 is 0 Å². The van der Waals surface area contributed by atoms with E-state index in [1.54, 1.807) is 12.1 Å². The lowest BCUT2D eigenvalue weighted by atomic mass is 9.79. The lowest BCUT2D eigenvalue weighted by molar-refractivity contribution is 0.257. The molecule has 1 unspecified atom stereocenters. The Bertz CT molecular complexity index is 339. The summed E-state index contributed by atoms with van der Waals surface area (Å²) in [5, 5.41) is 18.5. The smallest absolute Gasteiger partial charge is 0.492 e. The molecule has 4 heteroatoms. The predicted molar refractivity (Wildman–Crippen MR) is 66.0 cm³/mol. The van der Waals surface area contributed by atoms with Crippen molar-refractivity contribution in [3.8, 4) is 5.75 Å². The SMILES string of the molecule is CCC(C)COc1ccc(C)cc1B(O)O. The zero-order valence-electron chi connectivity index (χ0n) is 10.1. The molecule has 16 heavy (non-hydrogen) atoms. The van der Waals surface area contributed by atoms with Crippen LogP contribution in [-0.4, -0.2) is 23.8 Å². The van der Waals surface area contributed by atoms with Gasteiger partial charge in [-0.2, -0.15) is 0 Å². The van der Waals surface area contributed by atoms with Crippen molar-refractivity contribution in [2.45, 2.75) is 27.2 Å². The lowest BCUT2D eigenvalue weighted by Crippen LogP contribution is -2.32. The summed E-state index contributed by atoms with van der Waals surface area (Å²) >= 11 is 0. The van der Waals surface area contributed by atoms with Gasteiger partial charge in [0, 0.05) is 5.46 Å². The number of hydrogen-bond acceptors (Lipinski definition) is 3. The maximum atomic E-state index is 9.23. The first kappa shape index (κ1) is 13.1. The number of aryl methyl sites for hydroxylation is 1. The topological polar surface area (TPSA) is 49.7 Å². The number of rotatable bonds is 5. The van der Waals surface area contributed by atoms with Crippen LogP contribution in [0, 0.1) is 12.8 Å². The molecule has 0 heterocycles. The maximum absolute atomic E-state index is 9.23. The fourth-order valence-corrected chi connectivity index (χ4v) is 1.35. The summed E-state index contributed by atoms with van der Waals surface area (Å²) in [7, 11) is -1.48. The van der Waals surface area contributed by atoms with Crippen molar-refractivity contribution in [3.05, 3.63) is 23.8 Å². The van der Waals surface area contributed by atoms with Crippen LogP contribution in [0.15, 0.2) is 18.2 Å². The predicted octanol–water partition coefficient (Wildman–Crippen LogP) is 1.10. The second-order valence-electron chi connectivity index (χ2n) is 4.24. The number of hydrogen-bond donors (Lipinski definition) is 2. The molecule has 0 saturated carbocycles. The van der Waals surface area contributed by atoms with E-state index in [4.69, 9.17) is 4.74 Å². The van der Waals surface area contributed by atoms with Crippen molar-refractivity contribution in [1.29, 1.82) is 0 Å². The Morgan fingerprint density at radius 1 is 1.38 bits per heavy atom. The average Bonchev–Trinajstić information content (AvgIpc) is 2.26. The van der Waals surface area contributed by atoms with Crippen LogP contribution in [0.5, 0.6) is 5.75 Å². The van der Waals surface area contributed by atoms with E-state index in [1.165, 1.54) is 0 Å². The van der Waals surface area contributed by atoms with Gasteiger partial charge in [0.1, 0.15) is 5.75 Å². The summed E-state index contributed by atoms with van der Waals surface area (Å²) in [5.41, 5.74) is 1.42. The summed E-state index contributed by atoms with van der Waals surface area (Å²) in [6.45, 7) is 6.71. The second-order valence-corrected chi connectivity index (χ2v) is 4.24. The van der Waals surface area contributed by atoms with Crippen molar-refractivity contribution in [2.24, 2.45) is 5.92 Å². The summed E-state index contributed by atoms with van der Waals surface area (Å²) in [6, 6.07) is 5.42. The molecule has 0 spiro atoms. The van der Waals surface area contributed by atoms with Crippen LogP contribution in [0.25, 0.3) is 0 Å². The standard InChI is InChI=1S/C12H19BO3/c1-4-9(2)8-16-12-6-5-10(3)7-11(12)13(14)15/h5-7,9,14-15H,4,8H2,1-3H3. The highest BCUT2D eigenvalue weighted by molar-refractivity contribution is 6.59. The van der Waals surface area contributed by atoms with Gasteiger partial charge in [0.25, 0.3) is 0 Å². The van der Waals surface area contributed by atoms with E-state index in [2.05, 4.69) is 13.8 Å². The Morgan fingerprint density at radius 2 is 2.06 bits per heavy atom. The number of ether oxygens (including phenoxy) is 1. The van der Waals surface area contributed by atoms with E-state index in [1.807, 2.05) is 13.0 Å². The Labute approximate surface area is 97.2 Å². The minimum Gasteiger partial charge on any atom is -0.494 e. The van der Waals surface area contributed by atoms with Crippen molar-refractivity contribution >= 4 is 12.6 Å². The van der Waals surface area contributed by atoms with Crippen LogP contribution in [0.2, 0.25) is 0 Å². The first-order chi connectivity index (χ1) is 7.54. The largest absolute Gasteiger partial charge is 0.494 e. The minimum atomic E-state index is -1.48. The molecule has 0 amide bonds. The summed E-state index contributed by atoms with van der Waals surface area (Å²) in [5.74, 6) is 1.02. The fraction of sp³-hybridized carbons (Fsp3) is 0.500. The van der Waals surface area contributed by atoms with Gasteiger partial charge in [-0.05, 0) is 18.9 Å². The molecule has 0 aliphatic heterocycles. The molecular formula is C12H19BO3. The van der Waals surface area contributed by atoms with E-state index in [0.29, 0.717) is 23.7 Å². The monoisotopic (exact) mass is 222 g/mol. The van der Waals surface area contributed by atoms with E-state index in [9.17, 15) is 10.0 Å². The quantitative estimate of drug-likeness (QED) is 0.733. The molecular weight excluding hydrogens is 203 g/mol. The third-order valence-electron chi connectivity index (χ3n) is 2.66. The second kappa shape index (κ2) is 5.92. The van der Waals surface area contributed by atoms with Crippen LogP contribution < -0.4 is 10.2 Å². The minimum absolute atomic E-state index is 0.434. The van der Waals surface area contributed by atoms with Crippen molar-refractivity contribution in [3.63, 3.8) is 0 Å². The van der Waals surface area contributed by atoms with E-state index >= 15 is 0 Å². The summed E-state index contributed by atoms with van der Waals surface area (Å²) < 4.78 is 5.59. The van der Waals surface area contributed by atoms with E-state index in [0.717, 1.165) is 12.0 Å². The molecule has 0 bridgehead atoms. The normalized spacial score (nSPS) is 12.3. The zero-order chi connectivity index (χ0) is 12.1. The van der Waals surface area contributed by atoms with Gasteiger partial charge in [0.05, 0.1) is 6.61 Å². The molecule has 1 atom stereocenters. The average molecular weight is 222 g/mol. The molecule has 0 aliphatic rings. The summed E-state index contributed by atoms with van der Waals surface area (Å²) in [4.78, 5) is 0. The van der Waals surface area contributed by atoms with Crippen LogP contribution in [0.4, 0.5) is 0 Å². The van der Waals surface area contributed by atoms with Gasteiger partial charge < -0.3 is 14.8 Å². The van der Waals surface area contributed by atoms with Gasteiger partial charge in [-0.3, -0.25) is 0 Å². The third kappa shape index (κ3) is 3.54. The van der Waals surface area contributed by atoms with Crippen LogP contribution in [0.1, 0.15) is 25.8 Å². The van der Waals surface area contributed by atoms with E-state index in [-0.39, 0.29) is 0 Å². The molecule has 0 radical (unpaired) electrons. The molecule has 0 aliphatic carbocycles. The highest BCUT2D eigenvalue weighted by Crippen LogP contribution is 2.12. The van der Waals surface area contributed by atoms with Crippen LogP contribution in [0.3, 0.4) is 0 Å². The third-order valence-corrected chi connectivity index (χ3v) is 2.66. The Kier molecular flexibility index (Phi) is 4.84. The highest BCUT2D eigenvalue weighted by atomic mass is 16.5. The van der Waals surface area contributed by atoms with Crippen molar-refractivity contribution in [2.75, 3.05) is 6.61 Å². The lowest BCUT2D eigenvalue weighted by Gasteiger charge is -2.14. The maximum Gasteiger partial charge on any atom is 0.492 e. The first-order valence-electron chi connectivity index (χ1n) is 5.64. The Morgan fingerprint density at radius 3 is 2.62 bits per heavy atom. The van der Waals surface area contributed by atoms with Crippen LogP contribution in [-0.2, 0) is 0 Å².